The van der Waals surface area contributed by atoms with Crippen LogP contribution in [-0.4, -0.2) is 28.1 Å². The van der Waals surface area contributed by atoms with Gasteiger partial charge >= 0.3 is 6.18 Å². The van der Waals surface area contributed by atoms with Crippen LogP contribution in [0.4, 0.5) is 13.2 Å². The Kier molecular flexibility index (Phi) is 5.47. The number of aliphatic hydroxyl groups is 1. The number of hydrogen-bond acceptors (Lipinski definition) is 3. The SMILES string of the molecule is CC(C)c1cccc(CSC[C@@H](O)C(F)(F)F)n1. The monoisotopic (exact) mass is 279 g/mol. The van der Waals surface area contributed by atoms with E-state index in [4.69, 9.17) is 5.11 Å². The van der Waals surface area contributed by atoms with E-state index < -0.39 is 12.3 Å². The summed E-state index contributed by atoms with van der Waals surface area (Å²) in [6, 6.07) is 5.51. The smallest absolute Gasteiger partial charge is 0.383 e. The molecule has 2 nitrogen and oxygen atoms in total. The van der Waals surface area contributed by atoms with E-state index in [2.05, 4.69) is 4.98 Å². The molecule has 0 aliphatic heterocycles. The molecule has 0 saturated carbocycles. The van der Waals surface area contributed by atoms with Gasteiger partial charge in [0.15, 0.2) is 6.10 Å². The van der Waals surface area contributed by atoms with Gasteiger partial charge in [-0.2, -0.15) is 24.9 Å². The van der Waals surface area contributed by atoms with E-state index in [0.29, 0.717) is 5.75 Å². The Morgan fingerprint density at radius 3 is 2.56 bits per heavy atom. The Hall–Kier alpha value is -0.750. The first-order chi connectivity index (χ1) is 8.30. The van der Waals surface area contributed by atoms with Crippen molar-refractivity contribution in [3.63, 3.8) is 0 Å². The molecule has 1 atom stereocenters. The van der Waals surface area contributed by atoms with E-state index in [1.807, 2.05) is 26.0 Å². The molecule has 1 aromatic heterocycles. The number of pyridine rings is 1. The van der Waals surface area contributed by atoms with E-state index in [-0.39, 0.29) is 11.7 Å². The lowest BCUT2D eigenvalue weighted by molar-refractivity contribution is -0.195. The highest BCUT2D eigenvalue weighted by molar-refractivity contribution is 7.98. The van der Waals surface area contributed by atoms with Crippen LogP contribution in [-0.2, 0) is 5.75 Å². The van der Waals surface area contributed by atoms with Crippen LogP contribution in [0.2, 0.25) is 0 Å². The highest BCUT2D eigenvalue weighted by Gasteiger charge is 2.37. The Morgan fingerprint density at radius 1 is 1.33 bits per heavy atom. The van der Waals surface area contributed by atoms with Crippen molar-refractivity contribution in [1.29, 1.82) is 0 Å². The molecule has 0 saturated heterocycles. The van der Waals surface area contributed by atoms with E-state index in [9.17, 15) is 13.2 Å². The number of thioether (sulfide) groups is 1. The van der Waals surface area contributed by atoms with Gasteiger partial charge in [0.1, 0.15) is 0 Å². The van der Waals surface area contributed by atoms with Crippen LogP contribution in [0.5, 0.6) is 0 Å². The van der Waals surface area contributed by atoms with Gasteiger partial charge in [0.25, 0.3) is 0 Å². The van der Waals surface area contributed by atoms with Crippen molar-refractivity contribution in [1.82, 2.24) is 4.98 Å². The van der Waals surface area contributed by atoms with Gasteiger partial charge in [-0.25, -0.2) is 0 Å². The summed E-state index contributed by atoms with van der Waals surface area (Å²) in [4.78, 5) is 4.35. The van der Waals surface area contributed by atoms with Crippen molar-refractivity contribution >= 4 is 11.8 Å². The third-order valence-corrected chi connectivity index (χ3v) is 3.37. The van der Waals surface area contributed by atoms with Crippen LogP contribution < -0.4 is 0 Å². The van der Waals surface area contributed by atoms with Crippen LogP contribution in [0, 0.1) is 0 Å². The summed E-state index contributed by atoms with van der Waals surface area (Å²) in [5, 5.41) is 8.84. The molecule has 0 unspecified atom stereocenters. The fourth-order valence-electron chi connectivity index (χ4n) is 1.27. The van der Waals surface area contributed by atoms with Crippen molar-refractivity contribution in [2.75, 3.05) is 5.75 Å². The maximum atomic E-state index is 12.1. The van der Waals surface area contributed by atoms with E-state index in [1.54, 1.807) is 6.07 Å². The third-order valence-electron chi connectivity index (χ3n) is 2.32. The normalized spacial score (nSPS) is 13.9. The molecule has 18 heavy (non-hydrogen) atoms. The fraction of sp³-hybridized carbons (Fsp3) is 0.583. The van der Waals surface area contributed by atoms with Crippen molar-refractivity contribution < 1.29 is 18.3 Å². The largest absolute Gasteiger partial charge is 0.415 e. The molecule has 1 rings (SSSR count). The number of aromatic nitrogens is 1. The van der Waals surface area contributed by atoms with Gasteiger partial charge in [-0.1, -0.05) is 19.9 Å². The quantitative estimate of drug-likeness (QED) is 0.897. The first-order valence-electron chi connectivity index (χ1n) is 5.59. The van der Waals surface area contributed by atoms with Crippen LogP contribution in [0.25, 0.3) is 0 Å². The minimum absolute atomic E-state index is 0.288. The number of rotatable bonds is 5. The number of alkyl halides is 3. The van der Waals surface area contributed by atoms with Crippen molar-refractivity contribution in [3.8, 4) is 0 Å². The van der Waals surface area contributed by atoms with Crippen LogP contribution >= 0.6 is 11.8 Å². The summed E-state index contributed by atoms with van der Waals surface area (Å²) in [6.45, 7) is 4.01. The zero-order valence-electron chi connectivity index (χ0n) is 10.2. The highest BCUT2D eigenvalue weighted by Crippen LogP contribution is 2.24. The second kappa shape index (κ2) is 6.43. The van der Waals surface area contributed by atoms with Gasteiger partial charge in [0.05, 0.1) is 5.69 Å². The third kappa shape index (κ3) is 4.86. The predicted octanol–water partition coefficient (Wildman–Crippen LogP) is 3.36. The summed E-state index contributed by atoms with van der Waals surface area (Å²) in [5.41, 5.74) is 1.66. The molecule has 0 amide bonds. The molecule has 0 spiro atoms. The summed E-state index contributed by atoms with van der Waals surface area (Å²) >= 11 is 1.03. The summed E-state index contributed by atoms with van der Waals surface area (Å²) in [6.07, 6.45) is -6.81. The van der Waals surface area contributed by atoms with Gasteiger partial charge in [-0.15, -0.1) is 0 Å². The van der Waals surface area contributed by atoms with Gasteiger partial charge in [-0.05, 0) is 18.1 Å². The van der Waals surface area contributed by atoms with Crippen molar-refractivity contribution in [2.45, 2.75) is 37.8 Å². The van der Waals surface area contributed by atoms with E-state index >= 15 is 0 Å². The molecule has 0 bridgehead atoms. The van der Waals surface area contributed by atoms with Gasteiger partial charge in [-0.3, -0.25) is 4.98 Å². The van der Waals surface area contributed by atoms with Gasteiger partial charge < -0.3 is 5.11 Å². The first kappa shape index (κ1) is 15.3. The standard InChI is InChI=1S/C12H16F3NOS/c1-8(2)10-5-3-4-9(16-10)6-18-7-11(17)12(13,14)15/h3-5,8,11,17H,6-7H2,1-2H3/t11-/m1/s1. The molecule has 1 aromatic rings. The van der Waals surface area contributed by atoms with Crippen molar-refractivity contribution in [2.24, 2.45) is 0 Å². The minimum Gasteiger partial charge on any atom is -0.383 e. The van der Waals surface area contributed by atoms with Crippen LogP contribution in [0.3, 0.4) is 0 Å². The van der Waals surface area contributed by atoms with Gasteiger partial charge in [0.2, 0.25) is 0 Å². The first-order valence-corrected chi connectivity index (χ1v) is 6.74. The lowest BCUT2D eigenvalue weighted by atomic mass is 10.1. The van der Waals surface area contributed by atoms with Crippen LogP contribution in [0.15, 0.2) is 18.2 Å². The molecule has 0 radical (unpaired) electrons. The molecular weight excluding hydrogens is 263 g/mol. The number of nitrogens with zero attached hydrogens (tertiary/aromatic N) is 1. The second-order valence-corrected chi connectivity index (χ2v) is 5.31. The maximum absolute atomic E-state index is 12.1. The second-order valence-electron chi connectivity index (χ2n) is 4.28. The highest BCUT2D eigenvalue weighted by atomic mass is 32.2. The number of halogens is 3. The van der Waals surface area contributed by atoms with Crippen LogP contribution in [0.1, 0.15) is 31.2 Å². The number of hydrogen-bond donors (Lipinski definition) is 1. The Balaban J connectivity index is 2.47. The van der Waals surface area contributed by atoms with Crippen molar-refractivity contribution in [3.05, 3.63) is 29.6 Å². The maximum Gasteiger partial charge on any atom is 0.415 e. The van der Waals surface area contributed by atoms with E-state index in [0.717, 1.165) is 23.1 Å². The topological polar surface area (TPSA) is 33.1 Å². The molecule has 0 aliphatic rings. The molecule has 1 N–H and O–H groups in total. The molecule has 102 valence electrons. The average Bonchev–Trinajstić information content (AvgIpc) is 2.28. The summed E-state index contributed by atoms with van der Waals surface area (Å²) in [7, 11) is 0. The minimum atomic E-state index is -4.54. The molecular formula is C12H16F3NOS. The molecule has 6 heteroatoms. The predicted molar refractivity (Wildman–Crippen MR) is 66.5 cm³/mol. The number of aliphatic hydroxyl groups excluding tert-OH is 1. The average molecular weight is 279 g/mol. The molecule has 0 aliphatic carbocycles. The van der Waals surface area contributed by atoms with Gasteiger partial charge in [0, 0.05) is 17.2 Å². The zero-order chi connectivity index (χ0) is 13.8. The lowest BCUT2D eigenvalue weighted by Gasteiger charge is -2.13. The fourth-order valence-corrected chi connectivity index (χ4v) is 2.17. The Morgan fingerprint density at radius 2 is 2.00 bits per heavy atom. The molecule has 0 aromatic carbocycles. The summed E-state index contributed by atoms with van der Waals surface area (Å²) < 4.78 is 36.2. The van der Waals surface area contributed by atoms with E-state index in [1.165, 1.54) is 0 Å². The summed E-state index contributed by atoms with van der Waals surface area (Å²) in [5.74, 6) is 0.292. The molecule has 0 fully saturated rings. The lowest BCUT2D eigenvalue weighted by Crippen LogP contribution is -2.30. The Bertz CT molecular complexity index is 382. The zero-order valence-corrected chi connectivity index (χ0v) is 11.1. The Labute approximate surface area is 109 Å². The molecule has 1 heterocycles.